The molecule has 0 bridgehead atoms. The van der Waals surface area contributed by atoms with Gasteiger partial charge in [0.2, 0.25) is 0 Å². The lowest BCUT2D eigenvalue weighted by molar-refractivity contribution is 0.102. The highest BCUT2D eigenvalue weighted by Crippen LogP contribution is 2.26. The highest BCUT2D eigenvalue weighted by atomic mass is 35.5. The molecule has 1 aromatic heterocycles. The first-order valence-electron chi connectivity index (χ1n) is 7.25. The molecule has 0 aliphatic heterocycles. The second kappa shape index (κ2) is 7.10. The van der Waals surface area contributed by atoms with Crippen molar-refractivity contribution in [2.75, 3.05) is 11.9 Å². The Morgan fingerprint density at radius 2 is 2.12 bits per heavy atom. The molecule has 1 heterocycles. The van der Waals surface area contributed by atoms with Crippen molar-refractivity contribution in [3.63, 3.8) is 0 Å². The smallest absolute Gasteiger partial charge is 0.258 e. The molecule has 0 unspecified atom stereocenters. The van der Waals surface area contributed by atoms with Gasteiger partial charge in [0.15, 0.2) is 0 Å². The first-order valence-corrected chi connectivity index (χ1v) is 7.63. The molecule has 0 spiro atoms. The van der Waals surface area contributed by atoms with Crippen molar-refractivity contribution >= 4 is 23.2 Å². The molecule has 7 nitrogen and oxygen atoms in total. The van der Waals surface area contributed by atoms with Crippen LogP contribution in [-0.4, -0.2) is 32.7 Å². The van der Waals surface area contributed by atoms with Crippen LogP contribution in [0.2, 0.25) is 5.02 Å². The number of hydrogen-bond donors (Lipinski definition) is 1. The molecule has 122 valence electrons. The van der Waals surface area contributed by atoms with E-state index in [9.17, 15) is 4.79 Å². The molecule has 3 rings (SSSR count). The number of tetrazole rings is 1. The average Bonchev–Trinajstić information content (AvgIpc) is 3.11. The van der Waals surface area contributed by atoms with Crippen LogP contribution in [0, 0.1) is 0 Å². The van der Waals surface area contributed by atoms with E-state index in [2.05, 4.69) is 20.8 Å². The Kier molecular flexibility index (Phi) is 4.72. The van der Waals surface area contributed by atoms with Crippen molar-refractivity contribution in [2.45, 2.75) is 6.92 Å². The summed E-state index contributed by atoms with van der Waals surface area (Å²) in [4.78, 5) is 12.7. The van der Waals surface area contributed by atoms with Gasteiger partial charge in [-0.25, -0.2) is 0 Å². The number of aromatic nitrogens is 4. The summed E-state index contributed by atoms with van der Waals surface area (Å²) in [6, 6.07) is 12.1. The summed E-state index contributed by atoms with van der Waals surface area (Å²) in [7, 11) is 0. The van der Waals surface area contributed by atoms with Gasteiger partial charge < -0.3 is 10.1 Å². The fourth-order valence-electron chi connectivity index (χ4n) is 2.20. The van der Waals surface area contributed by atoms with E-state index in [0.717, 1.165) is 0 Å². The van der Waals surface area contributed by atoms with Crippen LogP contribution in [0.15, 0.2) is 48.8 Å². The molecule has 0 radical (unpaired) electrons. The van der Waals surface area contributed by atoms with Gasteiger partial charge >= 0.3 is 0 Å². The monoisotopic (exact) mass is 343 g/mol. The van der Waals surface area contributed by atoms with Gasteiger partial charge in [-0.15, -0.1) is 5.10 Å². The molecule has 3 aromatic rings. The molecule has 0 aliphatic carbocycles. The van der Waals surface area contributed by atoms with Crippen LogP contribution >= 0.6 is 11.6 Å². The van der Waals surface area contributed by atoms with Crippen molar-refractivity contribution in [1.29, 1.82) is 0 Å². The largest absolute Gasteiger partial charge is 0.492 e. The third kappa shape index (κ3) is 3.36. The molecule has 1 amide bonds. The van der Waals surface area contributed by atoms with Crippen LogP contribution in [-0.2, 0) is 0 Å². The number of carbonyl (C=O) groups excluding carboxylic acids is 1. The first-order chi connectivity index (χ1) is 11.7. The molecule has 2 aromatic carbocycles. The Morgan fingerprint density at radius 1 is 1.29 bits per heavy atom. The highest BCUT2D eigenvalue weighted by Gasteiger charge is 2.16. The molecule has 0 saturated heterocycles. The van der Waals surface area contributed by atoms with E-state index in [-0.39, 0.29) is 5.91 Å². The minimum absolute atomic E-state index is 0.338. The zero-order valence-electron chi connectivity index (χ0n) is 12.8. The molecule has 0 aliphatic rings. The SMILES string of the molecule is CCOc1ccccc1NC(=O)c1cc(Cl)ccc1-n1cnnn1. The number of carbonyl (C=O) groups is 1. The third-order valence-electron chi connectivity index (χ3n) is 3.23. The summed E-state index contributed by atoms with van der Waals surface area (Å²) in [5.41, 5.74) is 1.45. The van der Waals surface area contributed by atoms with Crippen LogP contribution in [0.25, 0.3) is 5.69 Å². The maximum absolute atomic E-state index is 12.7. The minimum Gasteiger partial charge on any atom is -0.492 e. The Morgan fingerprint density at radius 3 is 2.88 bits per heavy atom. The van der Waals surface area contributed by atoms with Gasteiger partial charge in [0.05, 0.1) is 23.5 Å². The zero-order valence-corrected chi connectivity index (χ0v) is 13.6. The summed E-state index contributed by atoms with van der Waals surface area (Å²) < 4.78 is 6.92. The Bertz CT molecular complexity index is 851. The maximum Gasteiger partial charge on any atom is 0.258 e. The third-order valence-corrected chi connectivity index (χ3v) is 3.47. The number of para-hydroxylation sites is 2. The van der Waals surface area contributed by atoms with Gasteiger partial charge in [0.1, 0.15) is 12.1 Å². The lowest BCUT2D eigenvalue weighted by Gasteiger charge is -2.13. The fraction of sp³-hybridized carbons (Fsp3) is 0.125. The van der Waals surface area contributed by atoms with E-state index in [1.165, 1.54) is 11.0 Å². The number of nitrogens with one attached hydrogen (secondary N) is 1. The summed E-state index contributed by atoms with van der Waals surface area (Å²) in [6.07, 6.45) is 1.41. The second-order valence-corrected chi connectivity index (χ2v) is 5.24. The lowest BCUT2D eigenvalue weighted by atomic mass is 10.1. The van der Waals surface area contributed by atoms with Crippen molar-refractivity contribution in [1.82, 2.24) is 20.2 Å². The van der Waals surface area contributed by atoms with E-state index >= 15 is 0 Å². The molecule has 0 fully saturated rings. The van der Waals surface area contributed by atoms with Gasteiger partial charge in [-0.2, -0.15) is 4.68 Å². The van der Waals surface area contributed by atoms with Crippen LogP contribution in [0.5, 0.6) is 5.75 Å². The number of hydrogen-bond acceptors (Lipinski definition) is 5. The Balaban J connectivity index is 1.95. The fourth-order valence-corrected chi connectivity index (χ4v) is 2.37. The molecular weight excluding hydrogens is 330 g/mol. The van der Waals surface area contributed by atoms with Crippen molar-refractivity contribution in [3.05, 3.63) is 59.4 Å². The van der Waals surface area contributed by atoms with Gasteiger partial charge in [0, 0.05) is 5.02 Å². The van der Waals surface area contributed by atoms with Crippen molar-refractivity contribution in [2.24, 2.45) is 0 Å². The van der Waals surface area contributed by atoms with E-state index in [1.807, 2.05) is 19.1 Å². The molecule has 24 heavy (non-hydrogen) atoms. The average molecular weight is 344 g/mol. The van der Waals surface area contributed by atoms with Gasteiger partial charge in [-0.05, 0) is 47.7 Å². The Hall–Kier alpha value is -2.93. The van der Waals surface area contributed by atoms with E-state index in [0.29, 0.717) is 34.3 Å². The van der Waals surface area contributed by atoms with Crippen LogP contribution in [0.1, 0.15) is 17.3 Å². The van der Waals surface area contributed by atoms with Gasteiger partial charge in [-0.1, -0.05) is 23.7 Å². The lowest BCUT2D eigenvalue weighted by Crippen LogP contribution is -2.16. The maximum atomic E-state index is 12.7. The number of anilines is 1. The van der Waals surface area contributed by atoms with Crippen LogP contribution in [0.4, 0.5) is 5.69 Å². The van der Waals surface area contributed by atoms with Gasteiger partial charge in [-0.3, -0.25) is 4.79 Å². The summed E-state index contributed by atoms with van der Waals surface area (Å²) >= 11 is 6.04. The number of nitrogens with zero attached hydrogens (tertiary/aromatic N) is 4. The van der Waals surface area contributed by atoms with Gasteiger partial charge in [0.25, 0.3) is 5.91 Å². The minimum atomic E-state index is -0.338. The number of amides is 1. The highest BCUT2D eigenvalue weighted by molar-refractivity contribution is 6.31. The number of rotatable bonds is 5. The topological polar surface area (TPSA) is 81.9 Å². The summed E-state index contributed by atoms with van der Waals surface area (Å²) in [5, 5.41) is 14.3. The first kappa shape index (κ1) is 15.9. The molecule has 0 atom stereocenters. The number of benzene rings is 2. The summed E-state index contributed by atoms with van der Waals surface area (Å²) in [5.74, 6) is 0.259. The van der Waals surface area contributed by atoms with E-state index < -0.39 is 0 Å². The molecule has 1 N–H and O–H groups in total. The normalized spacial score (nSPS) is 10.4. The molecule has 0 saturated carbocycles. The predicted molar refractivity (Wildman–Crippen MR) is 89.7 cm³/mol. The Labute approximate surface area is 143 Å². The zero-order chi connectivity index (χ0) is 16.9. The van der Waals surface area contributed by atoms with Crippen LogP contribution < -0.4 is 10.1 Å². The number of ether oxygens (including phenoxy) is 1. The van der Waals surface area contributed by atoms with Crippen LogP contribution in [0.3, 0.4) is 0 Å². The van der Waals surface area contributed by atoms with Crippen molar-refractivity contribution in [3.8, 4) is 11.4 Å². The summed E-state index contributed by atoms with van der Waals surface area (Å²) in [6.45, 7) is 2.38. The quantitative estimate of drug-likeness (QED) is 0.770. The predicted octanol–water partition coefficient (Wildman–Crippen LogP) is 2.97. The second-order valence-electron chi connectivity index (χ2n) is 4.80. The van der Waals surface area contributed by atoms with E-state index in [4.69, 9.17) is 16.3 Å². The van der Waals surface area contributed by atoms with E-state index in [1.54, 1.807) is 30.3 Å². The van der Waals surface area contributed by atoms with Crippen molar-refractivity contribution < 1.29 is 9.53 Å². The molecule has 8 heteroatoms. The molecular formula is C16H14ClN5O2. The number of halogens is 1. The standard InChI is InChI=1S/C16H14ClN5O2/c1-2-24-15-6-4-3-5-13(15)19-16(23)12-9-11(17)7-8-14(12)22-10-18-20-21-22/h3-10H,2H2,1H3,(H,19,23).